The number of carbonyl (C=O) groups is 2. The van der Waals surface area contributed by atoms with Gasteiger partial charge in [-0.25, -0.2) is 0 Å². The second-order valence-corrected chi connectivity index (χ2v) is 3.79. The number of hydrogen-bond donors (Lipinski definition) is 3. The highest BCUT2D eigenvalue weighted by Crippen LogP contribution is 2.26. The number of nitrogens with two attached hydrogens (primary N) is 2. The lowest BCUT2D eigenvalue weighted by Gasteiger charge is -2.24. The van der Waals surface area contributed by atoms with Crippen molar-refractivity contribution in [1.29, 1.82) is 0 Å². The van der Waals surface area contributed by atoms with Gasteiger partial charge in [-0.05, 0) is 19.1 Å². The van der Waals surface area contributed by atoms with Crippen molar-refractivity contribution in [3.05, 3.63) is 23.8 Å². The first-order chi connectivity index (χ1) is 8.51. The number of anilines is 2. The normalized spacial score (nSPS) is 9.89. The smallest absolute Gasteiger partial charge is 0.250 e. The SMILES string of the molecule is CCN(CC(=O)NC)c1cccc(C(N)=O)c1N. The van der Waals surface area contributed by atoms with Crippen LogP contribution in [-0.4, -0.2) is 32.0 Å². The first-order valence-corrected chi connectivity index (χ1v) is 5.65. The number of hydrogen-bond acceptors (Lipinski definition) is 4. The summed E-state index contributed by atoms with van der Waals surface area (Å²) in [5.74, 6) is -0.703. The van der Waals surface area contributed by atoms with E-state index in [9.17, 15) is 9.59 Å². The summed E-state index contributed by atoms with van der Waals surface area (Å²) in [5.41, 5.74) is 12.3. The molecule has 18 heavy (non-hydrogen) atoms. The van der Waals surface area contributed by atoms with Crippen LogP contribution in [0.2, 0.25) is 0 Å². The summed E-state index contributed by atoms with van der Waals surface area (Å²) >= 11 is 0. The summed E-state index contributed by atoms with van der Waals surface area (Å²) in [6.45, 7) is 2.68. The molecule has 5 N–H and O–H groups in total. The second kappa shape index (κ2) is 5.90. The molecule has 0 spiro atoms. The van der Waals surface area contributed by atoms with Gasteiger partial charge in [0.2, 0.25) is 5.91 Å². The van der Waals surface area contributed by atoms with Crippen LogP contribution in [0.25, 0.3) is 0 Å². The number of nitrogens with zero attached hydrogens (tertiary/aromatic N) is 1. The van der Waals surface area contributed by atoms with Gasteiger partial charge < -0.3 is 21.7 Å². The molecule has 1 aromatic rings. The zero-order valence-corrected chi connectivity index (χ0v) is 10.6. The van der Waals surface area contributed by atoms with Crippen molar-refractivity contribution >= 4 is 23.2 Å². The molecule has 6 nitrogen and oxygen atoms in total. The monoisotopic (exact) mass is 250 g/mol. The Morgan fingerprint density at radius 3 is 2.56 bits per heavy atom. The molecule has 1 aromatic carbocycles. The fourth-order valence-electron chi connectivity index (χ4n) is 1.66. The van der Waals surface area contributed by atoms with Crippen LogP contribution in [0.1, 0.15) is 17.3 Å². The van der Waals surface area contributed by atoms with Gasteiger partial charge in [-0.2, -0.15) is 0 Å². The molecule has 0 saturated heterocycles. The third-order valence-electron chi connectivity index (χ3n) is 2.68. The lowest BCUT2D eigenvalue weighted by molar-refractivity contribution is -0.119. The number of amides is 2. The van der Waals surface area contributed by atoms with Crippen molar-refractivity contribution in [3.8, 4) is 0 Å². The van der Waals surface area contributed by atoms with Crippen molar-refractivity contribution in [2.75, 3.05) is 30.8 Å². The molecule has 0 aliphatic rings. The minimum absolute atomic E-state index is 0.124. The molecule has 1 rings (SSSR count). The highest BCUT2D eigenvalue weighted by atomic mass is 16.2. The molecular formula is C12H18N4O2. The third-order valence-corrected chi connectivity index (χ3v) is 2.68. The van der Waals surface area contributed by atoms with E-state index in [1.54, 1.807) is 30.1 Å². The number of rotatable bonds is 5. The predicted molar refractivity (Wildman–Crippen MR) is 71.3 cm³/mol. The van der Waals surface area contributed by atoms with Gasteiger partial charge in [0.1, 0.15) is 0 Å². The Bertz CT molecular complexity index is 459. The van der Waals surface area contributed by atoms with E-state index in [0.717, 1.165) is 0 Å². The van der Waals surface area contributed by atoms with Crippen LogP contribution in [0.5, 0.6) is 0 Å². The van der Waals surface area contributed by atoms with Crippen molar-refractivity contribution in [1.82, 2.24) is 5.32 Å². The molecule has 0 aliphatic carbocycles. The fraction of sp³-hybridized carbons (Fsp3) is 0.333. The molecule has 0 atom stereocenters. The van der Waals surface area contributed by atoms with Crippen molar-refractivity contribution in [3.63, 3.8) is 0 Å². The molecule has 98 valence electrons. The maximum Gasteiger partial charge on any atom is 0.250 e. The average molecular weight is 250 g/mol. The quantitative estimate of drug-likeness (QED) is 0.637. The number of para-hydroxylation sites is 1. The van der Waals surface area contributed by atoms with Gasteiger partial charge >= 0.3 is 0 Å². The van der Waals surface area contributed by atoms with Gasteiger partial charge in [0.15, 0.2) is 0 Å². The second-order valence-electron chi connectivity index (χ2n) is 3.79. The molecule has 0 fully saturated rings. The Labute approximate surface area is 106 Å². The van der Waals surface area contributed by atoms with Gasteiger partial charge in [-0.15, -0.1) is 0 Å². The minimum Gasteiger partial charge on any atom is -0.396 e. The van der Waals surface area contributed by atoms with Crippen molar-refractivity contribution < 1.29 is 9.59 Å². The van der Waals surface area contributed by atoms with Crippen LogP contribution in [0.3, 0.4) is 0 Å². The van der Waals surface area contributed by atoms with E-state index in [0.29, 0.717) is 17.9 Å². The van der Waals surface area contributed by atoms with Gasteiger partial charge in [-0.1, -0.05) is 6.07 Å². The molecule has 0 saturated carbocycles. The van der Waals surface area contributed by atoms with Gasteiger partial charge in [0.05, 0.1) is 23.5 Å². The van der Waals surface area contributed by atoms with Crippen LogP contribution in [-0.2, 0) is 4.79 Å². The zero-order valence-electron chi connectivity index (χ0n) is 10.6. The summed E-state index contributed by atoms with van der Waals surface area (Å²) < 4.78 is 0. The largest absolute Gasteiger partial charge is 0.396 e. The molecule has 2 amide bonds. The molecule has 6 heteroatoms. The van der Waals surface area contributed by atoms with Crippen molar-refractivity contribution in [2.45, 2.75) is 6.92 Å². The Balaban J connectivity index is 3.10. The Hall–Kier alpha value is -2.24. The van der Waals surface area contributed by atoms with Crippen LogP contribution in [0, 0.1) is 0 Å². The third kappa shape index (κ3) is 2.91. The van der Waals surface area contributed by atoms with E-state index in [2.05, 4.69) is 5.32 Å². The molecule has 0 radical (unpaired) electrons. The number of likely N-dealkylation sites (N-methyl/N-ethyl adjacent to an activating group) is 2. The summed E-state index contributed by atoms with van der Waals surface area (Å²) in [5, 5.41) is 2.54. The molecule has 0 bridgehead atoms. The maximum absolute atomic E-state index is 11.4. The summed E-state index contributed by atoms with van der Waals surface area (Å²) in [4.78, 5) is 24.4. The molecular weight excluding hydrogens is 232 g/mol. The first kappa shape index (κ1) is 13.8. The number of nitrogens with one attached hydrogen (secondary N) is 1. The van der Waals surface area contributed by atoms with Gasteiger partial charge in [0, 0.05) is 13.6 Å². The van der Waals surface area contributed by atoms with Crippen LogP contribution < -0.4 is 21.7 Å². The maximum atomic E-state index is 11.4. The summed E-state index contributed by atoms with van der Waals surface area (Å²) in [6, 6.07) is 5.02. The number of nitrogen functional groups attached to an aromatic ring is 1. The fourth-order valence-corrected chi connectivity index (χ4v) is 1.66. The molecule has 0 aliphatic heterocycles. The zero-order chi connectivity index (χ0) is 13.7. The summed E-state index contributed by atoms with van der Waals surface area (Å²) in [6.07, 6.45) is 0. The number of carbonyl (C=O) groups excluding carboxylic acids is 2. The first-order valence-electron chi connectivity index (χ1n) is 5.65. The summed E-state index contributed by atoms with van der Waals surface area (Å²) in [7, 11) is 1.57. The minimum atomic E-state index is -0.578. The van der Waals surface area contributed by atoms with E-state index in [-0.39, 0.29) is 18.0 Å². The van der Waals surface area contributed by atoms with Crippen LogP contribution >= 0.6 is 0 Å². The Morgan fingerprint density at radius 2 is 2.06 bits per heavy atom. The number of primary amides is 1. The molecule has 0 aromatic heterocycles. The van der Waals surface area contributed by atoms with E-state index in [4.69, 9.17) is 11.5 Å². The number of benzene rings is 1. The highest BCUT2D eigenvalue weighted by Gasteiger charge is 2.15. The molecule has 0 unspecified atom stereocenters. The van der Waals surface area contributed by atoms with Crippen LogP contribution in [0.4, 0.5) is 11.4 Å². The van der Waals surface area contributed by atoms with E-state index < -0.39 is 5.91 Å². The lowest BCUT2D eigenvalue weighted by atomic mass is 10.1. The van der Waals surface area contributed by atoms with E-state index >= 15 is 0 Å². The van der Waals surface area contributed by atoms with Crippen molar-refractivity contribution in [2.24, 2.45) is 5.73 Å². The van der Waals surface area contributed by atoms with Crippen LogP contribution in [0.15, 0.2) is 18.2 Å². The molecule has 0 heterocycles. The standard InChI is InChI=1S/C12H18N4O2/c1-3-16(7-10(17)15-2)9-6-4-5-8(11(9)13)12(14)18/h4-6H,3,7,13H2,1-2H3,(H2,14,18)(H,15,17). The average Bonchev–Trinajstić information content (AvgIpc) is 2.35. The van der Waals surface area contributed by atoms with E-state index in [1.807, 2.05) is 6.92 Å². The highest BCUT2D eigenvalue weighted by molar-refractivity contribution is 6.01. The topological polar surface area (TPSA) is 101 Å². The van der Waals surface area contributed by atoms with Gasteiger partial charge in [0.25, 0.3) is 5.91 Å². The lowest BCUT2D eigenvalue weighted by Crippen LogP contribution is -2.36. The predicted octanol–water partition coefficient (Wildman–Crippen LogP) is -0.0600. The Kier molecular flexibility index (Phi) is 4.53. The van der Waals surface area contributed by atoms with E-state index in [1.165, 1.54) is 0 Å². The van der Waals surface area contributed by atoms with Gasteiger partial charge in [-0.3, -0.25) is 9.59 Å². The Morgan fingerprint density at radius 1 is 1.39 bits per heavy atom.